The lowest BCUT2D eigenvalue weighted by Gasteiger charge is -2.28. The lowest BCUT2D eigenvalue weighted by atomic mass is 10.0. The second kappa shape index (κ2) is 56.9. The first kappa shape index (κ1) is 73.2. The van der Waals surface area contributed by atoms with Crippen molar-refractivity contribution >= 4 is 19.8 Å². The van der Waals surface area contributed by atoms with Crippen LogP contribution >= 0.6 is 7.82 Å². The van der Waals surface area contributed by atoms with Crippen molar-refractivity contribution < 1.29 is 42.1 Å². The van der Waals surface area contributed by atoms with Crippen LogP contribution in [0.2, 0.25) is 0 Å². The number of esters is 2. The first-order valence-electron chi connectivity index (χ1n) is 31.3. The van der Waals surface area contributed by atoms with Crippen LogP contribution in [0.25, 0.3) is 0 Å². The van der Waals surface area contributed by atoms with Crippen molar-refractivity contribution in [3.63, 3.8) is 0 Å². The van der Waals surface area contributed by atoms with E-state index < -0.39 is 26.5 Å². The van der Waals surface area contributed by atoms with Gasteiger partial charge in [0.25, 0.3) is 7.82 Å². The van der Waals surface area contributed by atoms with E-state index in [4.69, 9.17) is 18.5 Å². The molecule has 0 spiro atoms. The number of phosphoric ester groups is 1. The molecule has 440 valence electrons. The molecule has 0 fully saturated rings. The number of hydrogen-bond acceptors (Lipinski definition) is 8. The maximum absolute atomic E-state index is 12.8. The van der Waals surface area contributed by atoms with Crippen LogP contribution in [-0.2, 0) is 32.7 Å². The van der Waals surface area contributed by atoms with Gasteiger partial charge in [-0.3, -0.25) is 14.2 Å². The maximum Gasteiger partial charge on any atom is 0.306 e. The van der Waals surface area contributed by atoms with E-state index in [2.05, 4.69) is 98.9 Å². The summed E-state index contributed by atoms with van der Waals surface area (Å²) < 4.78 is 34.2. The molecular formula is C66H118NO8P. The van der Waals surface area contributed by atoms with Crippen LogP contribution in [0.5, 0.6) is 0 Å². The van der Waals surface area contributed by atoms with E-state index in [9.17, 15) is 19.0 Å². The molecule has 2 unspecified atom stereocenters. The van der Waals surface area contributed by atoms with Crippen LogP contribution in [0.15, 0.2) is 85.1 Å². The van der Waals surface area contributed by atoms with Gasteiger partial charge in [0.2, 0.25) is 0 Å². The molecule has 0 aromatic heterocycles. The van der Waals surface area contributed by atoms with Gasteiger partial charge in [-0.2, -0.15) is 0 Å². The van der Waals surface area contributed by atoms with Crippen LogP contribution in [-0.4, -0.2) is 70.0 Å². The van der Waals surface area contributed by atoms with Gasteiger partial charge >= 0.3 is 11.9 Å². The molecular weight excluding hydrogens is 966 g/mol. The number of carbonyl (C=O) groups excluding carboxylic acids is 2. The van der Waals surface area contributed by atoms with Gasteiger partial charge in [-0.15, -0.1) is 0 Å². The lowest BCUT2D eigenvalue weighted by Crippen LogP contribution is -2.37. The SMILES string of the molecule is CC/C=C\C/C=C\C/C=C\C/C=C\C/C=C\CCCCCCCCCC(=O)OC(COC(=O)CCCCCCCCCCCCCCCCCCC/C=C\C/C=C\CCCCCCC)COP(=O)([O-])OCC[N+](C)(C)C. The van der Waals surface area contributed by atoms with Crippen LogP contribution in [0.4, 0.5) is 0 Å². The van der Waals surface area contributed by atoms with Gasteiger partial charge in [0, 0.05) is 12.8 Å². The predicted octanol–water partition coefficient (Wildman–Crippen LogP) is 19.2. The third kappa shape index (κ3) is 60.4. The predicted molar refractivity (Wildman–Crippen MR) is 323 cm³/mol. The molecule has 0 bridgehead atoms. The molecule has 0 radical (unpaired) electrons. The number of phosphoric acid groups is 1. The molecule has 0 aromatic carbocycles. The molecule has 0 aliphatic carbocycles. The zero-order valence-electron chi connectivity index (χ0n) is 49.9. The van der Waals surface area contributed by atoms with Crippen LogP contribution < -0.4 is 4.89 Å². The minimum absolute atomic E-state index is 0.0361. The average Bonchev–Trinajstić information content (AvgIpc) is 3.38. The van der Waals surface area contributed by atoms with Crippen molar-refractivity contribution in [2.24, 2.45) is 0 Å². The molecule has 0 heterocycles. The summed E-state index contributed by atoms with van der Waals surface area (Å²) >= 11 is 0. The number of hydrogen-bond donors (Lipinski definition) is 0. The first-order valence-corrected chi connectivity index (χ1v) is 32.8. The van der Waals surface area contributed by atoms with Gasteiger partial charge in [0.05, 0.1) is 27.7 Å². The summed E-state index contributed by atoms with van der Waals surface area (Å²) in [7, 11) is 1.15. The third-order valence-corrected chi connectivity index (χ3v) is 14.4. The standard InChI is InChI=1S/C66H118NO8P/c1-6-8-10-12-14-16-18-20-22-24-26-28-30-31-32-33-34-35-37-38-40-42-44-46-48-50-52-54-56-58-65(68)72-62-64(63-74-76(70,71)73-61-60-67(3,4)5)75-66(69)59-57-55-53-51-49-47-45-43-41-39-36-29-27-25-23-21-19-17-15-13-11-9-7-2/h9,11,15,17-18,20-21,23-24,26-27,29,39,41,64H,6-8,10,12-14,16,19,22,25,28,30-38,40,42-63H2,1-5H3/b11-9-,17-15-,20-18-,23-21-,26-24-,29-27-,41-39-. The molecule has 76 heavy (non-hydrogen) atoms. The smallest absolute Gasteiger partial charge is 0.306 e. The Morgan fingerprint density at radius 1 is 0.421 bits per heavy atom. The van der Waals surface area contributed by atoms with Gasteiger partial charge in [0.15, 0.2) is 6.10 Å². The highest BCUT2D eigenvalue weighted by Crippen LogP contribution is 2.38. The molecule has 0 aromatic rings. The monoisotopic (exact) mass is 1080 g/mol. The van der Waals surface area contributed by atoms with E-state index in [0.717, 1.165) is 83.5 Å². The molecule has 0 saturated heterocycles. The molecule has 0 aliphatic heterocycles. The summed E-state index contributed by atoms with van der Waals surface area (Å²) in [5, 5.41) is 0. The van der Waals surface area contributed by atoms with Crippen molar-refractivity contribution in [3.8, 4) is 0 Å². The van der Waals surface area contributed by atoms with Gasteiger partial charge in [0.1, 0.15) is 19.8 Å². The number of carbonyl (C=O) groups is 2. The van der Waals surface area contributed by atoms with E-state index in [1.165, 1.54) is 154 Å². The maximum atomic E-state index is 12.8. The van der Waals surface area contributed by atoms with Crippen molar-refractivity contribution in [2.45, 2.75) is 277 Å². The number of rotatable bonds is 57. The lowest BCUT2D eigenvalue weighted by molar-refractivity contribution is -0.870. The Labute approximate surface area is 469 Å². The number of quaternary nitrogens is 1. The molecule has 9 nitrogen and oxygen atoms in total. The van der Waals surface area contributed by atoms with E-state index in [1.807, 2.05) is 21.1 Å². The summed E-state index contributed by atoms with van der Waals surface area (Å²) in [6, 6.07) is 0. The van der Waals surface area contributed by atoms with E-state index in [1.54, 1.807) is 0 Å². The summed E-state index contributed by atoms with van der Waals surface area (Å²) in [5.74, 6) is -0.842. The highest BCUT2D eigenvalue weighted by atomic mass is 31.2. The van der Waals surface area contributed by atoms with Crippen molar-refractivity contribution in [3.05, 3.63) is 85.1 Å². The number of nitrogens with zero attached hydrogens (tertiary/aromatic N) is 1. The minimum atomic E-state index is -4.65. The van der Waals surface area contributed by atoms with E-state index in [0.29, 0.717) is 17.4 Å². The Morgan fingerprint density at radius 3 is 1.12 bits per heavy atom. The summed E-state index contributed by atoms with van der Waals surface area (Å²) in [4.78, 5) is 38.0. The minimum Gasteiger partial charge on any atom is -0.756 e. The highest BCUT2D eigenvalue weighted by molar-refractivity contribution is 7.45. The highest BCUT2D eigenvalue weighted by Gasteiger charge is 2.22. The number of unbranched alkanes of at least 4 members (excludes halogenated alkanes) is 29. The van der Waals surface area contributed by atoms with Crippen LogP contribution in [0.3, 0.4) is 0 Å². The first-order chi connectivity index (χ1) is 37.0. The quantitative estimate of drug-likeness (QED) is 0.0195. The third-order valence-electron chi connectivity index (χ3n) is 13.4. The number of ether oxygens (including phenoxy) is 2. The molecule has 0 aliphatic rings. The Bertz CT molecular complexity index is 1560. The summed E-state index contributed by atoms with van der Waals surface area (Å²) in [6.07, 6.45) is 76.4. The van der Waals surface area contributed by atoms with Crippen LogP contribution in [0.1, 0.15) is 271 Å². The molecule has 0 amide bonds. The Balaban J connectivity index is 4.12. The fourth-order valence-electron chi connectivity index (χ4n) is 8.60. The van der Waals surface area contributed by atoms with Crippen molar-refractivity contribution in [1.82, 2.24) is 0 Å². The van der Waals surface area contributed by atoms with E-state index >= 15 is 0 Å². The van der Waals surface area contributed by atoms with Gasteiger partial charge < -0.3 is 27.9 Å². The van der Waals surface area contributed by atoms with E-state index in [-0.39, 0.29) is 32.0 Å². The average molecular weight is 1080 g/mol. The van der Waals surface area contributed by atoms with Gasteiger partial charge in [-0.05, 0) is 89.9 Å². The summed E-state index contributed by atoms with van der Waals surface area (Å²) in [5.41, 5.74) is 0. The fraction of sp³-hybridized carbons (Fsp3) is 0.758. The largest absolute Gasteiger partial charge is 0.756 e. The second-order valence-corrected chi connectivity index (χ2v) is 23.4. The van der Waals surface area contributed by atoms with Gasteiger partial charge in [-0.1, -0.05) is 253 Å². The molecule has 10 heteroatoms. The molecule has 0 N–H and O–H groups in total. The Kier molecular flexibility index (Phi) is 54.8. The van der Waals surface area contributed by atoms with Crippen molar-refractivity contribution in [2.75, 3.05) is 47.5 Å². The molecule has 0 saturated carbocycles. The Morgan fingerprint density at radius 2 is 0.750 bits per heavy atom. The zero-order chi connectivity index (χ0) is 55.6. The summed E-state index contributed by atoms with van der Waals surface area (Å²) in [6.45, 7) is 4.12. The fourth-order valence-corrected chi connectivity index (χ4v) is 9.33. The Hall–Kier alpha value is -2.81. The van der Waals surface area contributed by atoms with Crippen molar-refractivity contribution in [1.29, 1.82) is 0 Å². The normalized spacial score (nSPS) is 13.8. The molecule has 0 rings (SSSR count). The van der Waals surface area contributed by atoms with Gasteiger partial charge in [-0.25, -0.2) is 0 Å². The van der Waals surface area contributed by atoms with Crippen LogP contribution in [0, 0.1) is 0 Å². The topological polar surface area (TPSA) is 111 Å². The second-order valence-electron chi connectivity index (χ2n) is 22.0. The number of likely N-dealkylation sites (N-methyl/N-ethyl adjacent to an activating group) is 1. The molecule has 2 atom stereocenters. The zero-order valence-corrected chi connectivity index (χ0v) is 50.8. The number of allylic oxidation sites excluding steroid dienone is 14.